The number of fused-ring (bicyclic) bond motifs is 9. The van der Waals surface area contributed by atoms with Gasteiger partial charge in [0.1, 0.15) is 0 Å². The molecule has 0 fully saturated rings. The number of benzene rings is 6. The van der Waals surface area contributed by atoms with Crippen LogP contribution in [0.4, 0.5) is 0 Å². The molecule has 1 aliphatic heterocycles. The van der Waals surface area contributed by atoms with Crippen molar-refractivity contribution in [3.05, 3.63) is 146 Å². The molecule has 1 aliphatic rings. The van der Waals surface area contributed by atoms with E-state index in [4.69, 9.17) is 9.97 Å². The fourth-order valence-electron chi connectivity index (χ4n) is 7.02. The predicted octanol–water partition coefficient (Wildman–Crippen LogP) is 10.5. The largest absolute Gasteiger partial charge is 0.307 e. The molecule has 0 bridgehead atoms. The number of para-hydroxylation sites is 3. The van der Waals surface area contributed by atoms with Crippen molar-refractivity contribution < 1.29 is 0 Å². The summed E-state index contributed by atoms with van der Waals surface area (Å²) in [5.74, 6) is 0.665. The molecule has 10 rings (SSSR count). The summed E-state index contributed by atoms with van der Waals surface area (Å²) in [6, 6.07) is 51.5. The van der Waals surface area contributed by atoms with Gasteiger partial charge in [0, 0.05) is 42.5 Å². The molecule has 0 saturated carbocycles. The number of hydrogen-bond donors (Lipinski definition) is 0. The Balaban J connectivity index is 1.37. The number of nitrogens with zero attached hydrogens (tertiary/aromatic N) is 4. The van der Waals surface area contributed by atoms with Crippen molar-refractivity contribution in [2.75, 3.05) is 0 Å². The van der Waals surface area contributed by atoms with Crippen molar-refractivity contribution in [1.82, 2.24) is 19.1 Å². The topological polar surface area (TPSA) is 35.6 Å². The Morgan fingerprint density at radius 1 is 0.444 bits per heavy atom. The van der Waals surface area contributed by atoms with E-state index in [1.807, 2.05) is 23.9 Å². The van der Waals surface area contributed by atoms with E-state index in [2.05, 4.69) is 143 Å². The zero-order valence-electron chi connectivity index (χ0n) is 24.1. The smallest absolute Gasteiger partial charge is 0.235 e. The van der Waals surface area contributed by atoms with Gasteiger partial charge in [-0.1, -0.05) is 121 Å². The van der Waals surface area contributed by atoms with Crippen molar-refractivity contribution in [2.45, 2.75) is 9.79 Å². The van der Waals surface area contributed by atoms with Crippen LogP contribution in [-0.2, 0) is 0 Å². The summed E-state index contributed by atoms with van der Waals surface area (Å²) in [7, 11) is 0. The molecule has 0 aliphatic carbocycles. The highest BCUT2D eigenvalue weighted by Gasteiger charge is 2.28. The first-order valence-corrected chi connectivity index (χ1v) is 15.9. The van der Waals surface area contributed by atoms with Crippen molar-refractivity contribution >= 4 is 55.4 Å². The van der Waals surface area contributed by atoms with Gasteiger partial charge in [-0.2, -0.15) is 0 Å². The molecular formula is C40H24N4S. The second kappa shape index (κ2) is 9.42. The molecule has 0 atom stereocenters. The van der Waals surface area contributed by atoms with E-state index in [0.717, 1.165) is 33.5 Å². The summed E-state index contributed by atoms with van der Waals surface area (Å²) in [4.78, 5) is 13.0. The van der Waals surface area contributed by atoms with Gasteiger partial charge in [-0.05, 0) is 36.4 Å². The Morgan fingerprint density at radius 2 is 1.00 bits per heavy atom. The van der Waals surface area contributed by atoms with Crippen LogP contribution in [0.5, 0.6) is 0 Å². The Morgan fingerprint density at radius 3 is 1.69 bits per heavy atom. The van der Waals surface area contributed by atoms with E-state index >= 15 is 0 Å². The van der Waals surface area contributed by atoms with Crippen LogP contribution in [0.1, 0.15) is 0 Å². The minimum absolute atomic E-state index is 0.665. The molecule has 0 spiro atoms. The van der Waals surface area contributed by atoms with Crippen LogP contribution in [0.15, 0.2) is 155 Å². The zero-order chi connectivity index (χ0) is 29.5. The lowest BCUT2D eigenvalue weighted by Crippen LogP contribution is -2.05. The van der Waals surface area contributed by atoms with Gasteiger partial charge in [-0.15, -0.1) is 0 Å². The van der Waals surface area contributed by atoms with Crippen LogP contribution in [-0.4, -0.2) is 19.1 Å². The molecular weight excluding hydrogens is 569 g/mol. The van der Waals surface area contributed by atoms with E-state index in [1.54, 1.807) is 0 Å². The molecule has 4 nitrogen and oxygen atoms in total. The SMILES string of the molecule is c1ccc(-c2cc(-c3ccccc3)nc(-n3c4ccccc4c4c5c6ccccc6n6c5c(cc43)Sc3ccccc3-6)n2)cc1. The highest BCUT2D eigenvalue weighted by atomic mass is 32.2. The molecule has 3 aromatic heterocycles. The van der Waals surface area contributed by atoms with Gasteiger partial charge < -0.3 is 4.57 Å². The van der Waals surface area contributed by atoms with Gasteiger partial charge in [-0.25, -0.2) is 9.97 Å². The molecule has 0 radical (unpaired) electrons. The lowest BCUT2D eigenvalue weighted by molar-refractivity contribution is 0.994. The van der Waals surface area contributed by atoms with Crippen molar-refractivity contribution in [3.63, 3.8) is 0 Å². The van der Waals surface area contributed by atoms with Gasteiger partial charge in [0.25, 0.3) is 0 Å². The van der Waals surface area contributed by atoms with E-state index in [9.17, 15) is 0 Å². The molecule has 5 heteroatoms. The van der Waals surface area contributed by atoms with Crippen LogP contribution in [0, 0.1) is 0 Å². The fourth-order valence-corrected chi connectivity index (χ4v) is 8.12. The summed E-state index contributed by atoms with van der Waals surface area (Å²) < 4.78 is 4.73. The Hall–Kier alpha value is -5.65. The van der Waals surface area contributed by atoms with Crippen LogP contribution in [0.25, 0.3) is 77.8 Å². The number of rotatable bonds is 3. The average Bonchev–Trinajstić information content (AvgIpc) is 3.63. The monoisotopic (exact) mass is 592 g/mol. The molecule has 45 heavy (non-hydrogen) atoms. The van der Waals surface area contributed by atoms with Crippen molar-refractivity contribution in [1.29, 1.82) is 0 Å². The van der Waals surface area contributed by atoms with E-state index < -0.39 is 0 Å². The summed E-state index contributed by atoms with van der Waals surface area (Å²) in [6.07, 6.45) is 0. The zero-order valence-corrected chi connectivity index (χ0v) is 24.9. The summed E-state index contributed by atoms with van der Waals surface area (Å²) in [5.41, 5.74) is 9.83. The summed E-state index contributed by atoms with van der Waals surface area (Å²) in [6.45, 7) is 0. The Labute approximate surface area is 263 Å². The molecule has 0 saturated heterocycles. The average molecular weight is 593 g/mol. The second-order valence-electron chi connectivity index (χ2n) is 11.4. The standard InChI is InChI=1S/C40H24N4S/c1-3-13-25(14-4-1)29-23-30(26-15-5-2-6-16-26)42-40(41-29)44-32-20-10-7-17-27(32)37-34(44)24-36-39-38(37)28-18-8-9-19-31(28)43(39)33-21-11-12-22-35(33)45-36/h1-24H. The van der Waals surface area contributed by atoms with Crippen LogP contribution in [0.3, 0.4) is 0 Å². The maximum atomic E-state index is 5.26. The molecule has 6 aromatic carbocycles. The molecule has 0 amide bonds. The maximum absolute atomic E-state index is 5.26. The number of hydrogen-bond acceptors (Lipinski definition) is 3. The van der Waals surface area contributed by atoms with Crippen LogP contribution in [0.2, 0.25) is 0 Å². The minimum Gasteiger partial charge on any atom is -0.307 e. The molecule has 0 unspecified atom stereocenters. The Bertz CT molecular complexity index is 2560. The third-order valence-corrected chi connectivity index (χ3v) is 10.0. The number of aromatic nitrogens is 4. The molecule has 0 N–H and O–H groups in total. The van der Waals surface area contributed by atoms with Crippen LogP contribution < -0.4 is 0 Å². The van der Waals surface area contributed by atoms with Gasteiger partial charge in [0.15, 0.2) is 0 Å². The molecule has 4 heterocycles. The summed E-state index contributed by atoms with van der Waals surface area (Å²) >= 11 is 1.84. The van der Waals surface area contributed by atoms with Crippen molar-refractivity contribution in [2.24, 2.45) is 0 Å². The van der Waals surface area contributed by atoms with Crippen molar-refractivity contribution in [3.8, 4) is 34.2 Å². The third-order valence-electron chi connectivity index (χ3n) is 8.92. The molecule has 210 valence electrons. The van der Waals surface area contributed by atoms with E-state index in [-0.39, 0.29) is 0 Å². The maximum Gasteiger partial charge on any atom is 0.235 e. The first kappa shape index (κ1) is 24.8. The first-order valence-electron chi connectivity index (χ1n) is 15.1. The minimum atomic E-state index is 0.665. The first-order chi connectivity index (χ1) is 22.3. The highest BCUT2D eigenvalue weighted by Crippen LogP contribution is 2.51. The quantitative estimate of drug-likeness (QED) is 0.205. The van der Waals surface area contributed by atoms with Crippen LogP contribution >= 0.6 is 11.8 Å². The lowest BCUT2D eigenvalue weighted by Gasteiger charge is -2.20. The predicted molar refractivity (Wildman–Crippen MR) is 186 cm³/mol. The lowest BCUT2D eigenvalue weighted by atomic mass is 10.1. The van der Waals surface area contributed by atoms with Gasteiger partial charge in [0.05, 0.1) is 39.1 Å². The third kappa shape index (κ3) is 3.56. The molecule has 9 aromatic rings. The van der Waals surface area contributed by atoms with Gasteiger partial charge in [-0.3, -0.25) is 4.57 Å². The van der Waals surface area contributed by atoms with Gasteiger partial charge >= 0.3 is 0 Å². The summed E-state index contributed by atoms with van der Waals surface area (Å²) in [5, 5.41) is 4.95. The second-order valence-corrected chi connectivity index (χ2v) is 12.5. The van der Waals surface area contributed by atoms with E-state index in [1.165, 1.54) is 48.1 Å². The fraction of sp³-hybridized carbons (Fsp3) is 0. The Kier molecular flexibility index (Phi) is 5.18. The normalized spacial score (nSPS) is 12.4. The van der Waals surface area contributed by atoms with Gasteiger partial charge in [0.2, 0.25) is 5.95 Å². The highest BCUT2D eigenvalue weighted by molar-refractivity contribution is 7.99. The van der Waals surface area contributed by atoms with E-state index in [0.29, 0.717) is 5.95 Å².